The van der Waals surface area contributed by atoms with E-state index in [1.807, 2.05) is 4.98 Å². The SMILES string of the molecule is O=c1cc(C(F)(F)F)nc(CS(=O)(=O)Cc2ccc(F)cc2)[nH]1. The fourth-order valence-electron chi connectivity index (χ4n) is 1.82. The summed E-state index contributed by atoms with van der Waals surface area (Å²) in [7, 11) is -3.90. The number of H-pyrrole nitrogens is 1. The number of rotatable bonds is 4. The average molecular weight is 350 g/mol. The van der Waals surface area contributed by atoms with Gasteiger partial charge in [0.15, 0.2) is 15.5 Å². The van der Waals surface area contributed by atoms with Crippen LogP contribution < -0.4 is 5.56 Å². The van der Waals surface area contributed by atoms with Crippen molar-refractivity contribution in [3.8, 4) is 0 Å². The number of benzene rings is 1. The first-order valence-corrected chi connectivity index (χ1v) is 8.00. The molecule has 0 spiro atoms. The number of aromatic amines is 1. The fourth-order valence-corrected chi connectivity index (χ4v) is 3.17. The Hall–Kier alpha value is -2.23. The second-order valence-electron chi connectivity index (χ2n) is 4.73. The maximum atomic E-state index is 12.8. The highest BCUT2D eigenvalue weighted by atomic mass is 32.2. The van der Waals surface area contributed by atoms with Gasteiger partial charge >= 0.3 is 6.18 Å². The average Bonchev–Trinajstić information content (AvgIpc) is 2.39. The molecule has 23 heavy (non-hydrogen) atoms. The lowest BCUT2D eigenvalue weighted by molar-refractivity contribution is -0.141. The van der Waals surface area contributed by atoms with Crippen LogP contribution in [0.2, 0.25) is 0 Å². The van der Waals surface area contributed by atoms with Crippen molar-refractivity contribution in [1.82, 2.24) is 9.97 Å². The van der Waals surface area contributed by atoms with E-state index in [-0.39, 0.29) is 11.6 Å². The van der Waals surface area contributed by atoms with Gasteiger partial charge in [0.25, 0.3) is 5.56 Å². The van der Waals surface area contributed by atoms with Crippen LogP contribution in [0, 0.1) is 5.82 Å². The third-order valence-corrected chi connectivity index (χ3v) is 4.22. The number of alkyl halides is 3. The van der Waals surface area contributed by atoms with E-state index in [0.29, 0.717) is 0 Å². The summed E-state index contributed by atoms with van der Waals surface area (Å²) >= 11 is 0. The number of nitrogens with zero attached hydrogens (tertiary/aromatic N) is 1. The van der Waals surface area contributed by atoms with Crippen LogP contribution in [0.3, 0.4) is 0 Å². The summed E-state index contributed by atoms with van der Waals surface area (Å²) in [5.41, 5.74) is -2.30. The molecule has 0 radical (unpaired) electrons. The second kappa shape index (κ2) is 6.11. The van der Waals surface area contributed by atoms with Crippen LogP contribution >= 0.6 is 0 Å². The number of halogens is 4. The van der Waals surface area contributed by atoms with Crippen LogP contribution in [-0.4, -0.2) is 18.4 Å². The van der Waals surface area contributed by atoms with E-state index >= 15 is 0 Å². The molecule has 0 aliphatic heterocycles. The van der Waals surface area contributed by atoms with Crippen molar-refractivity contribution in [2.24, 2.45) is 0 Å². The summed E-state index contributed by atoms with van der Waals surface area (Å²) in [4.78, 5) is 16.3. The number of hydrogen-bond acceptors (Lipinski definition) is 4. The van der Waals surface area contributed by atoms with Gasteiger partial charge in [0.05, 0.1) is 5.75 Å². The van der Waals surface area contributed by atoms with Crippen LogP contribution in [-0.2, 0) is 27.5 Å². The first-order chi connectivity index (χ1) is 10.5. The topological polar surface area (TPSA) is 79.9 Å². The molecule has 0 aliphatic rings. The van der Waals surface area contributed by atoms with Crippen molar-refractivity contribution in [3.05, 3.63) is 63.6 Å². The molecule has 0 aliphatic carbocycles. The van der Waals surface area contributed by atoms with Gasteiger partial charge < -0.3 is 4.98 Å². The van der Waals surface area contributed by atoms with Gasteiger partial charge in [-0.25, -0.2) is 17.8 Å². The number of aromatic nitrogens is 2. The zero-order chi connectivity index (χ0) is 17.3. The Morgan fingerprint density at radius 1 is 1.09 bits per heavy atom. The first-order valence-electron chi connectivity index (χ1n) is 6.17. The summed E-state index contributed by atoms with van der Waals surface area (Å²) in [6.45, 7) is 0. The van der Waals surface area contributed by atoms with Crippen molar-refractivity contribution in [2.45, 2.75) is 17.7 Å². The summed E-state index contributed by atoms with van der Waals surface area (Å²) in [5, 5.41) is 0. The van der Waals surface area contributed by atoms with Crippen molar-refractivity contribution in [2.75, 3.05) is 0 Å². The van der Waals surface area contributed by atoms with Gasteiger partial charge in [-0.05, 0) is 17.7 Å². The summed E-state index contributed by atoms with van der Waals surface area (Å²) in [6.07, 6.45) is -4.86. The summed E-state index contributed by atoms with van der Waals surface area (Å²) in [5.74, 6) is -2.54. The Balaban J connectivity index is 2.25. The predicted molar refractivity (Wildman–Crippen MR) is 72.6 cm³/mol. The normalized spacial score (nSPS) is 12.3. The van der Waals surface area contributed by atoms with E-state index in [2.05, 4.69) is 4.98 Å². The summed E-state index contributed by atoms with van der Waals surface area (Å²) in [6, 6.07) is 4.87. The van der Waals surface area contributed by atoms with E-state index in [0.717, 1.165) is 12.1 Å². The molecule has 0 bridgehead atoms. The number of hydrogen-bond donors (Lipinski definition) is 1. The lowest BCUT2D eigenvalue weighted by Crippen LogP contribution is -2.20. The molecule has 0 unspecified atom stereocenters. The van der Waals surface area contributed by atoms with Gasteiger partial charge in [-0.3, -0.25) is 4.79 Å². The molecule has 1 heterocycles. The molecule has 10 heteroatoms. The molecule has 0 atom stereocenters. The van der Waals surface area contributed by atoms with Gasteiger partial charge in [-0.15, -0.1) is 0 Å². The lowest BCUT2D eigenvalue weighted by atomic mass is 10.2. The lowest BCUT2D eigenvalue weighted by Gasteiger charge is -2.08. The highest BCUT2D eigenvalue weighted by Gasteiger charge is 2.33. The fraction of sp³-hybridized carbons (Fsp3) is 0.231. The molecule has 124 valence electrons. The van der Waals surface area contributed by atoms with E-state index in [1.54, 1.807) is 0 Å². The van der Waals surface area contributed by atoms with Crippen LogP contribution in [0.15, 0.2) is 35.1 Å². The zero-order valence-corrected chi connectivity index (χ0v) is 12.2. The smallest absolute Gasteiger partial charge is 0.310 e. The minimum Gasteiger partial charge on any atom is -0.310 e. The number of sulfone groups is 1. The van der Waals surface area contributed by atoms with E-state index < -0.39 is 50.4 Å². The van der Waals surface area contributed by atoms with Gasteiger partial charge in [0.2, 0.25) is 0 Å². The largest absolute Gasteiger partial charge is 0.433 e. The molecule has 0 amide bonds. The Labute approximate surface area is 127 Å². The van der Waals surface area contributed by atoms with E-state index in [1.165, 1.54) is 12.1 Å². The molecule has 2 rings (SSSR count). The zero-order valence-electron chi connectivity index (χ0n) is 11.4. The monoisotopic (exact) mass is 350 g/mol. The van der Waals surface area contributed by atoms with Gasteiger partial charge in [0, 0.05) is 6.07 Å². The second-order valence-corrected chi connectivity index (χ2v) is 6.80. The van der Waals surface area contributed by atoms with E-state index in [4.69, 9.17) is 0 Å². The van der Waals surface area contributed by atoms with Crippen molar-refractivity contribution in [3.63, 3.8) is 0 Å². The third kappa shape index (κ3) is 4.88. The Bertz CT molecular complexity index is 858. The van der Waals surface area contributed by atoms with Gasteiger partial charge in [-0.2, -0.15) is 13.2 Å². The minimum atomic E-state index is -4.86. The van der Waals surface area contributed by atoms with Crippen LogP contribution in [0.25, 0.3) is 0 Å². The van der Waals surface area contributed by atoms with E-state index in [9.17, 15) is 30.8 Å². The van der Waals surface area contributed by atoms with Crippen molar-refractivity contribution in [1.29, 1.82) is 0 Å². The number of nitrogens with one attached hydrogen (secondary N) is 1. The maximum absolute atomic E-state index is 12.8. The third-order valence-electron chi connectivity index (χ3n) is 2.74. The Morgan fingerprint density at radius 2 is 1.70 bits per heavy atom. The molecule has 1 N–H and O–H groups in total. The molecular weight excluding hydrogens is 340 g/mol. The molecule has 1 aromatic heterocycles. The van der Waals surface area contributed by atoms with Gasteiger partial charge in [0.1, 0.15) is 17.4 Å². The highest BCUT2D eigenvalue weighted by Crippen LogP contribution is 2.26. The highest BCUT2D eigenvalue weighted by molar-refractivity contribution is 7.89. The molecule has 0 saturated carbocycles. The van der Waals surface area contributed by atoms with Crippen molar-refractivity contribution >= 4 is 9.84 Å². The molecule has 2 aromatic rings. The molecule has 0 fully saturated rings. The Kier molecular flexibility index (Phi) is 4.55. The van der Waals surface area contributed by atoms with Crippen LogP contribution in [0.4, 0.5) is 17.6 Å². The van der Waals surface area contributed by atoms with Crippen LogP contribution in [0.1, 0.15) is 17.1 Å². The van der Waals surface area contributed by atoms with Crippen LogP contribution in [0.5, 0.6) is 0 Å². The summed E-state index contributed by atoms with van der Waals surface area (Å²) < 4.78 is 74.4. The standard InChI is InChI=1S/C13H10F4N2O3S/c14-9-3-1-8(2-4-9)6-23(21,22)7-11-18-10(13(15,16)17)5-12(20)19-11/h1-5H,6-7H2,(H,18,19,20). The quantitative estimate of drug-likeness (QED) is 0.856. The predicted octanol–water partition coefficient (Wildman–Crippen LogP) is 2.04. The minimum absolute atomic E-state index is 0.246. The first kappa shape index (κ1) is 17.1. The Morgan fingerprint density at radius 3 is 2.26 bits per heavy atom. The molecule has 5 nitrogen and oxygen atoms in total. The molecular formula is C13H10F4N2O3S. The molecule has 0 saturated heterocycles. The van der Waals surface area contributed by atoms with Crippen molar-refractivity contribution < 1.29 is 26.0 Å². The molecule has 1 aromatic carbocycles. The maximum Gasteiger partial charge on any atom is 0.433 e. The van der Waals surface area contributed by atoms with Gasteiger partial charge in [-0.1, -0.05) is 12.1 Å².